The van der Waals surface area contributed by atoms with Crippen LogP contribution >= 0.6 is 11.6 Å². The molecule has 0 spiro atoms. The third-order valence-electron chi connectivity index (χ3n) is 11.5. The normalized spacial score (nSPS) is 23.6. The van der Waals surface area contributed by atoms with Crippen LogP contribution in [0.4, 0.5) is 4.79 Å². The Balaban J connectivity index is 1.57. The van der Waals surface area contributed by atoms with Crippen LogP contribution in [-0.4, -0.2) is 83.9 Å². The van der Waals surface area contributed by atoms with Crippen LogP contribution in [0.3, 0.4) is 0 Å². The highest BCUT2D eigenvalue weighted by Crippen LogP contribution is 2.62. The van der Waals surface area contributed by atoms with Crippen LogP contribution in [0, 0.1) is 17.8 Å². The quantitative estimate of drug-likeness (QED) is 0.0334. The van der Waals surface area contributed by atoms with E-state index in [1.54, 1.807) is 29.2 Å². The fourth-order valence-corrected chi connectivity index (χ4v) is 9.16. The van der Waals surface area contributed by atoms with E-state index in [1.807, 2.05) is 61.5 Å². The highest BCUT2D eigenvalue weighted by Gasteiger charge is 2.65. The summed E-state index contributed by atoms with van der Waals surface area (Å²) in [5, 5.41) is 24.7. The molecule has 12 heteroatoms. The number of oxime groups is 1. The molecule has 59 heavy (non-hydrogen) atoms. The number of unbranched alkanes of at least 4 members (excludes halogenated alkanes) is 2. The number of carbonyl (C=O) groups is 2. The number of benzene rings is 3. The van der Waals surface area contributed by atoms with Crippen LogP contribution in [0.1, 0.15) is 85.7 Å². The Morgan fingerprint density at radius 3 is 2.53 bits per heavy atom. The van der Waals surface area contributed by atoms with Crippen molar-refractivity contribution in [2.45, 2.75) is 82.6 Å². The van der Waals surface area contributed by atoms with E-state index < -0.39 is 23.8 Å². The number of carbonyl (C=O) groups excluding carboxylic acids is 2. The van der Waals surface area contributed by atoms with Crippen LogP contribution in [0.5, 0.6) is 17.2 Å². The van der Waals surface area contributed by atoms with Crippen molar-refractivity contribution in [3.63, 3.8) is 0 Å². The van der Waals surface area contributed by atoms with E-state index in [0.717, 1.165) is 48.7 Å². The van der Waals surface area contributed by atoms with E-state index >= 15 is 0 Å². The molecular weight excluding hydrogens is 772 g/mol. The van der Waals surface area contributed by atoms with Gasteiger partial charge in [0.05, 0.1) is 24.1 Å². The Bertz CT molecular complexity index is 1920. The predicted octanol–water partition coefficient (Wildman–Crippen LogP) is 9.21. The minimum absolute atomic E-state index is 0.0325. The molecule has 6 unspecified atom stereocenters. The van der Waals surface area contributed by atoms with E-state index in [4.69, 9.17) is 40.5 Å². The lowest BCUT2D eigenvalue weighted by Crippen LogP contribution is -2.70. The molecule has 3 aromatic rings. The minimum atomic E-state index is -1.42. The molecule has 1 aliphatic heterocycles. The smallest absolute Gasteiger partial charge is 0.410 e. The van der Waals surface area contributed by atoms with Crippen molar-refractivity contribution in [3.8, 4) is 17.2 Å². The molecule has 0 bridgehead atoms. The first-order chi connectivity index (χ1) is 28.9. The van der Waals surface area contributed by atoms with E-state index in [0.29, 0.717) is 54.3 Å². The summed E-state index contributed by atoms with van der Waals surface area (Å²) >= 11 is 6.02. The molecule has 6 rings (SSSR count). The summed E-state index contributed by atoms with van der Waals surface area (Å²) in [6, 6.07) is 21.9. The van der Waals surface area contributed by atoms with Crippen molar-refractivity contribution in [3.05, 3.63) is 114 Å². The number of fused-ring (bicyclic) bond motifs is 2. The molecule has 11 nitrogen and oxygen atoms in total. The fourth-order valence-electron chi connectivity index (χ4n) is 9.08. The zero-order valence-electron chi connectivity index (χ0n) is 33.9. The Morgan fingerprint density at radius 2 is 1.80 bits per heavy atom. The second-order valence-electron chi connectivity index (χ2n) is 15.3. The van der Waals surface area contributed by atoms with Gasteiger partial charge in [-0.25, -0.2) is 4.79 Å². The van der Waals surface area contributed by atoms with Crippen LogP contribution in [0.25, 0.3) is 0 Å². The summed E-state index contributed by atoms with van der Waals surface area (Å²) in [5.74, 6) is -0.219. The minimum Gasteiger partial charge on any atom is -0.459 e. The predicted molar refractivity (Wildman–Crippen MR) is 227 cm³/mol. The zero-order chi connectivity index (χ0) is 41.6. The molecule has 1 heterocycles. The Kier molecular flexibility index (Phi) is 16.0. The number of rotatable bonds is 22. The number of aldehydes is 1. The second kappa shape index (κ2) is 21.5. The van der Waals surface area contributed by atoms with Gasteiger partial charge >= 0.3 is 6.09 Å². The van der Waals surface area contributed by atoms with Gasteiger partial charge in [0.25, 0.3) is 0 Å². The fraction of sp³-hybridized carbons (Fsp3) is 0.468. The molecule has 1 amide bonds. The molecule has 0 aromatic heterocycles. The lowest BCUT2D eigenvalue weighted by molar-refractivity contribution is -0.255. The van der Waals surface area contributed by atoms with Crippen LogP contribution in [0.2, 0.25) is 0 Å². The van der Waals surface area contributed by atoms with Crippen LogP contribution in [-0.2, 0) is 20.9 Å². The Morgan fingerprint density at radius 1 is 1.02 bits per heavy atom. The first-order valence-electron chi connectivity index (χ1n) is 20.9. The van der Waals surface area contributed by atoms with Gasteiger partial charge in [-0.3, -0.25) is 9.69 Å². The van der Waals surface area contributed by atoms with Crippen molar-refractivity contribution >= 4 is 29.7 Å². The molecule has 3 aromatic carbocycles. The van der Waals surface area contributed by atoms with Gasteiger partial charge in [-0.05, 0) is 85.4 Å². The van der Waals surface area contributed by atoms with Gasteiger partial charge in [0, 0.05) is 43.2 Å². The topological polar surface area (TPSA) is 136 Å². The van der Waals surface area contributed by atoms with Crippen molar-refractivity contribution < 1.29 is 43.6 Å². The maximum atomic E-state index is 14.1. The molecule has 0 radical (unpaired) electrons. The number of hydrogen-bond donors (Lipinski definition) is 2. The highest BCUT2D eigenvalue weighted by atomic mass is 35.5. The number of alkyl halides is 1. The number of allylic oxidation sites excluding steroid dienone is 1. The average Bonchev–Trinajstić information content (AvgIpc) is 3.26. The first-order valence-corrected chi connectivity index (χ1v) is 21.4. The van der Waals surface area contributed by atoms with Crippen LogP contribution in [0.15, 0.2) is 102 Å². The number of hydrogen-bond acceptors (Lipinski definition) is 10. The van der Waals surface area contributed by atoms with Gasteiger partial charge in [0.1, 0.15) is 42.8 Å². The van der Waals surface area contributed by atoms with Gasteiger partial charge in [-0.15, -0.1) is 18.2 Å². The standard InChI is InChI=1S/C47H57ClN2O9/c1-3-22-50(46(54)55-26-21-48)43-30-41(49-57-32-33-13-6-5-7-14-33)39-28-35(16-8-10-23-51)38(18-9-11-24-52)44-40-29-37(58-36-17-12-15-34(27-36)31-53)19-20-42(40)59-47(43,45(39)44)56-25-4-2/h4-7,12-15,17,19-20,27-29,31,35,38,43-45,51-52H,2-3,8-11,16,18,21-26,30,32H2,1H3. The summed E-state index contributed by atoms with van der Waals surface area (Å²) in [4.78, 5) is 33.6. The molecule has 2 aliphatic carbocycles. The van der Waals surface area contributed by atoms with Crippen LogP contribution < -0.4 is 9.47 Å². The molecule has 0 saturated heterocycles. The Hall–Kier alpha value is -4.68. The number of nitrogens with zero attached hydrogens (tertiary/aromatic N) is 2. The molecular formula is C47H57ClN2O9. The van der Waals surface area contributed by atoms with Crippen molar-refractivity contribution in [2.75, 3.05) is 38.9 Å². The largest absolute Gasteiger partial charge is 0.459 e. The van der Waals surface area contributed by atoms with E-state index in [9.17, 15) is 19.8 Å². The molecule has 316 valence electrons. The number of ether oxygens (including phenoxy) is 4. The number of aliphatic hydroxyl groups excluding tert-OH is 2. The number of aliphatic hydroxyl groups is 2. The third kappa shape index (κ3) is 10.2. The van der Waals surface area contributed by atoms with Gasteiger partial charge in [-0.1, -0.05) is 79.5 Å². The summed E-state index contributed by atoms with van der Waals surface area (Å²) in [5.41, 5.74) is 4.00. The molecule has 1 fully saturated rings. The second-order valence-corrected chi connectivity index (χ2v) is 15.7. The SMILES string of the molecule is C=CCOC12Oc3ccc(Oc4cccc(C=O)c4)cc3C3C(CCCCO)C(CCCCO)C=C(C(=NOCc4ccccc4)CC1N(CCC)C(=O)OCCCl)C32. The van der Waals surface area contributed by atoms with Gasteiger partial charge in [-0.2, -0.15) is 0 Å². The summed E-state index contributed by atoms with van der Waals surface area (Å²) in [6.07, 6.45) is 9.66. The molecule has 3 aliphatic rings. The summed E-state index contributed by atoms with van der Waals surface area (Å²) in [7, 11) is 0. The summed E-state index contributed by atoms with van der Waals surface area (Å²) in [6.45, 7) is 6.97. The van der Waals surface area contributed by atoms with Gasteiger partial charge in [0.15, 0.2) is 0 Å². The number of amides is 1. The van der Waals surface area contributed by atoms with Crippen molar-refractivity contribution in [2.24, 2.45) is 22.9 Å². The third-order valence-corrected chi connectivity index (χ3v) is 11.7. The summed E-state index contributed by atoms with van der Waals surface area (Å²) < 4.78 is 26.4. The Labute approximate surface area is 352 Å². The van der Waals surface area contributed by atoms with Gasteiger partial charge < -0.3 is 34.0 Å². The van der Waals surface area contributed by atoms with Crippen molar-refractivity contribution in [1.29, 1.82) is 0 Å². The van der Waals surface area contributed by atoms with Gasteiger partial charge in [0.2, 0.25) is 5.79 Å². The van der Waals surface area contributed by atoms with Crippen molar-refractivity contribution in [1.82, 2.24) is 4.90 Å². The van der Waals surface area contributed by atoms with E-state index in [2.05, 4.69) is 12.7 Å². The molecule has 2 N–H and O–H groups in total. The lowest BCUT2D eigenvalue weighted by Gasteiger charge is -2.59. The zero-order valence-corrected chi connectivity index (χ0v) is 34.6. The van der Waals surface area contributed by atoms with E-state index in [1.165, 1.54) is 0 Å². The maximum absolute atomic E-state index is 14.1. The molecule has 1 saturated carbocycles. The monoisotopic (exact) mass is 828 g/mol. The molecule has 6 atom stereocenters. The van der Waals surface area contributed by atoms with E-state index in [-0.39, 0.29) is 63.1 Å². The highest BCUT2D eigenvalue weighted by molar-refractivity contribution is 6.18. The average molecular weight is 829 g/mol. The lowest BCUT2D eigenvalue weighted by atomic mass is 9.55. The first kappa shape index (κ1) is 43.9. The maximum Gasteiger partial charge on any atom is 0.410 e. The number of halogens is 1.